The monoisotopic (exact) mass is 331 g/mol. The van der Waals surface area contributed by atoms with Gasteiger partial charge in [0.05, 0.1) is 20.1 Å². The van der Waals surface area contributed by atoms with E-state index in [-0.39, 0.29) is 18.9 Å². The Morgan fingerprint density at radius 3 is 2.42 bits per heavy atom. The van der Waals surface area contributed by atoms with Crippen LogP contribution in [0.1, 0.15) is 19.0 Å². The molecule has 0 radical (unpaired) electrons. The van der Waals surface area contributed by atoms with E-state index in [1.54, 1.807) is 14.0 Å². The van der Waals surface area contributed by atoms with Crippen LogP contribution in [0.3, 0.4) is 0 Å². The standard InChI is InChI=1S/C18H21NO5/c1-3-24-18(22)12-19-14(7-11-17(20)21)6-10-16(19)13-4-8-15(23-2)9-5-13/h4-6,8-10H,3,7,11-12H2,1-2H3,(H,20,21). The molecule has 128 valence electrons. The van der Waals surface area contributed by atoms with Crippen molar-refractivity contribution in [2.24, 2.45) is 0 Å². The molecule has 2 aromatic rings. The van der Waals surface area contributed by atoms with E-state index < -0.39 is 5.97 Å². The van der Waals surface area contributed by atoms with Crippen molar-refractivity contribution in [1.29, 1.82) is 0 Å². The Bertz CT molecular complexity index is 703. The molecule has 6 nitrogen and oxygen atoms in total. The number of hydrogen-bond acceptors (Lipinski definition) is 4. The van der Waals surface area contributed by atoms with Crippen LogP contribution in [0, 0.1) is 0 Å². The van der Waals surface area contributed by atoms with Crippen LogP contribution < -0.4 is 4.74 Å². The smallest absolute Gasteiger partial charge is 0.325 e. The van der Waals surface area contributed by atoms with Crippen molar-refractivity contribution in [3.8, 4) is 17.0 Å². The molecular formula is C18H21NO5. The van der Waals surface area contributed by atoms with Gasteiger partial charge in [-0.1, -0.05) is 0 Å². The number of aliphatic carboxylic acids is 1. The second kappa shape index (κ2) is 8.19. The summed E-state index contributed by atoms with van der Waals surface area (Å²) in [5.41, 5.74) is 2.55. The second-order valence-electron chi connectivity index (χ2n) is 5.22. The highest BCUT2D eigenvalue weighted by molar-refractivity contribution is 5.72. The van der Waals surface area contributed by atoms with Gasteiger partial charge in [-0.15, -0.1) is 0 Å². The Morgan fingerprint density at radius 2 is 1.83 bits per heavy atom. The average molecular weight is 331 g/mol. The minimum Gasteiger partial charge on any atom is -0.497 e. The summed E-state index contributed by atoms with van der Waals surface area (Å²) in [6.07, 6.45) is 0.361. The number of nitrogens with zero attached hydrogens (tertiary/aromatic N) is 1. The molecule has 0 amide bonds. The number of benzene rings is 1. The zero-order chi connectivity index (χ0) is 17.5. The van der Waals surface area contributed by atoms with E-state index in [0.29, 0.717) is 13.0 Å². The van der Waals surface area contributed by atoms with Gasteiger partial charge in [0.1, 0.15) is 12.3 Å². The van der Waals surface area contributed by atoms with Gasteiger partial charge in [-0.2, -0.15) is 0 Å². The number of aryl methyl sites for hydroxylation is 1. The van der Waals surface area contributed by atoms with Crippen LogP contribution in [-0.2, 0) is 27.3 Å². The lowest BCUT2D eigenvalue weighted by atomic mass is 10.1. The second-order valence-corrected chi connectivity index (χ2v) is 5.22. The minimum absolute atomic E-state index is 0.00882. The van der Waals surface area contributed by atoms with Gasteiger partial charge in [-0.3, -0.25) is 9.59 Å². The summed E-state index contributed by atoms with van der Waals surface area (Å²) in [6.45, 7) is 2.11. The number of carbonyl (C=O) groups excluding carboxylic acids is 1. The summed E-state index contributed by atoms with van der Waals surface area (Å²) >= 11 is 0. The molecule has 0 fully saturated rings. The summed E-state index contributed by atoms with van der Waals surface area (Å²) < 4.78 is 12.0. The quantitative estimate of drug-likeness (QED) is 0.753. The van der Waals surface area contributed by atoms with Crippen molar-refractivity contribution >= 4 is 11.9 Å². The lowest BCUT2D eigenvalue weighted by Crippen LogP contribution is -2.16. The van der Waals surface area contributed by atoms with E-state index >= 15 is 0 Å². The van der Waals surface area contributed by atoms with Gasteiger partial charge in [-0.25, -0.2) is 0 Å². The number of rotatable bonds is 8. The van der Waals surface area contributed by atoms with Gasteiger partial charge in [-0.05, 0) is 55.3 Å². The first-order valence-corrected chi connectivity index (χ1v) is 7.75. The van der Waals surface area contributed by atoms with Gasteiger partial charge in [0, 0.05) is 11.4 Å². The molecule has 0 saturated heterocycles. The normalized spacial score (nSPS) is 10.4. The predicted octanol–water partition coefficient (Wildman–Crippen LogP) is 2.74. The molecule has 24 heavy (non-hydrogen) atoms. The largest absolute Gasteiger partial charge is 0.497 e. The Kier molecular flexibility index (Phi) is 6.01. The third kappa shape index (κ3) is 4.38. The first-order valence-electron chi connectivity index (χ1n) is 7.75. The molecule has 0 bridgehead atoms. The number of carboxylic acids is 1. The van der Waals surface area contributed by atoms with E-state index in [1.165, 1.54) is 0 Å². The molecule has 1 N–H and O–H groups in total. The molecule has 0 atom stereocenters. The Labute approximate surface area is 140 Å². The van der Waals surface area contributed by atoms with E-state index in [1.807, 2.05) is 41.0 Å². The lowest BCUT2D eigenvalue weighted by molar-refractivity contribution is -0.143. The summed E-state index contributed by atoms with van der Waals surface area (Å²) in [5, 5.41) is 8.90. The van der Waals surface area contributed by atoms with E-state index in [2.05, 4.69) is 0 Å². The van der Waals surface area contributed by atoms with Crippen molar-refractivity contribution in [2.45, 2.75) is 26.3 Å². The third-order valence-corrected chi connectivity index (χ3v) is 3.64. The Balaban J connectivity index is 2.34. The highest BCUT2D eigenvalue weighted by Gasteiger charge is 2.15. The maximum atomic E-state index is 11.9. The summed E-state index contributed by atoms with van der Waals surface area (Å²) in [5.74, 6) is -0.474. The van der Waals surface area contributed by atoms with Gasteiger partial charge in [0.2, 0.25) is 0 Å². The molecule has 6 heteroatoms. The molecular weight excluding hydrogens is 310 g/mol. The third-order valence-electron chi connectivity index (χ3n) is 3.64. The highest BCUT2D eigenvalue weighted by atomic mass is 16.5. The van der Waals surface area contributed by atoms with Crippen molar-refractivity contribution < 1.29 is 24.2 Å². The molecule has 1 aromatic carbocycles. The number of methoxy groups -OCH3 is 1. The maximum Gasteiger partial charge on any atom is 0.325 e. The molecule has 0 unspecified atom stereocenters. The molecule has 1 aromatic heterocycles. The topological polar surface area (TPSA) is 77.8 Å². The molecule has 0 aliphatic rings. The summed E-state index contributed by atoms with van der Waals surface area (Å²) in [4.78, 5) is 22.7. The molecule has 1 heterocycles. The van der Waals surface area contributed by atoms with E-state index in [4.69, 9.17) is 14.6 Å². The van der Waals surface area contributed by atoms with Crippen molar-refractivity contribution in [1.82, 2.24) is 4.57 Å². The fourth-order valence-corrected chi connectivity index (χ4v) is 2.50. The SMILES string of the molecule is CCOC(=O)Cn1c(CCC(=O)O)ccc1-c1ccc(OC)cc1. The zero-order valence-corrected chi connectivity index (χ0v) is 13.8. The highest BCUT2D eigenvalue weighted by Crippen LogP contribution is 2.25. The number of ether oxygens (including phenoxy) is 2. The zero-order valence-electron chi connectivity index (χ0n) is 13.8. The van der Waals surface area contributed by atoms with Crippen molar-refractivity contribution in [2.75, 3.05) is 13.7 Å². The van der Waals surface area contributed by atoms with Crippen LogP contribution in [-0.4, -0.2) is 35.3 Å². The number of carbonyl (C=O) groups is 2. The van der Waals surface area contributed by atoms with E-state index in [0.717, 1.165) is 22.7 Å². The molecule has 0 spiro atoms. The number of aromatic nitrogens is 1. The first-order chi connectivity index (χ1) is 11.5. The minimum atomic E-state index is -0.870. The Morgan fingerprint density at radius 1 is 1.12 bits per heavy atom. The number of hydrogen-bond donors (Lipinski definition) is 1. The molecule has 0 aliphatic heterocycles. The van der Waals surface area contributed by atoms with Crippen LogP contribution in [0.4, 0.5) is 0 Å². The van der Waals surface area contributed by atoms with Crippen LogP contribution in [0.5, 0.6) is 5.75 Å². The fourth-order valence-electron chi connectivity index (χ4n) is 2.50. The van der Waals surface area contributed by atoms with Gasteiger partial charge in [0.15, 0.2) is 0 Å². The van der Waals surface area contributed by atoms with Crippen LogP contribution in [0.15, 0.2) is 36.4 Å². The van der Waals surface area contributed by atoms with Crippen LogP contribution in [0.25, 0.3) is 11.3 Å². The van der Waals surface area contributed by atoms with Gasteiger partial charge >= 0.3 is 11.9 Å². The van der Waals surface area contributed by atoms with E-state index in [9.17, 15) is 9.59 Å². The first kappa shape index (κ1) is 17.6. The average Bonchev–Trinajstić information content (AvgIpc) is 2.96. The number of carboxylic acid groups (broad SMARTS) is 1. The fraction of sp³-hybridized carbons (Fsp3) is 0.333. The predicted molar refractivity (Wildman–Crippen MR) is 89.0 cm³/mol. The van der Waals surface area contributed by atoms with Gasteiger partial charge < -0.3 is 19.1 Å². The van der Waals surface area contributed by atoms with Crippen LogP contribution >= 0.6 is 0 Å². The summed E-state index contributed by atoms with van der Waals surface area (Å²) in [7, 11) is 1.60. The number of esters is 1. The van der Waals surface area contributed by atoms with Crippen LogP contribution in [0.2, 0.25) is 0 Å². The molecule has 0 aliphatic carbocycles. The molecule has 0 saturated carbocycles. The Hall–Kier alpha value is -2.76. The summed E-state index contributed by atoms with van der Waals surface area (Å²) in [6, 6.07) is 11.2. The van der Waals surface area contributed by atoms with Crippen molar-refractivity contribution in [3.63, 3.8) is 0 Å². The van der Waals surface area contributed by atoms with Crippen molar-refractivity contribution in [3.05, 3.63) is 42.1 Å². The maximum absolute atomic E-state index is 11.9. The van der Waals surface area contributed by atoms with Gasteiger partial charge in [0.25, 0.3) is 0 Å². The lowest BCUT2D eigenvalue weighted by Gasteiger charge is -2.13. The molecule has 2 rings (SSSR count).